The molecule has 4 nitrogen and oxygen atoms in total. The summed E-state index contributed by atoms with van der Waals surface area (Å²) in [7, 11) is 1.65. The van der Waals surface area contributed by atoms with Gasteiger partial charge in [0.05, 0.1) is 7.11 Å². The molecule has 0 aliphatic rings. The van der Waals surface area contributed by atoms with Gasteiger partial charge in [0.25, 0.3) is 5.97 Å². The number of carboxylic acids is 1. The molecule has 0 saturated carbocycles. The van der Waals surface area contributed by atoms with Crippen molar-refractivity contribution in [2.45, 2.75) is 13.5 Å². The third kappa shape index (κ3) is 8.63. The van der Waals surface area contributed by atoms with Gasteiger partial charge in [0.2, 0.25) is 0 Å². The summed E-state index contributed by atoms with van der Waals surface area (Å²) in [6.07, 6.45) is 0. The molecule has 112 valence electrons. The Labute approximate surface area is 147 Å². The minimum atomic E-state index is -0.833. The summed E-state index contributed by atoms with van der Waals surface area (Å²) in [5.74, 6) is 0.692. The van der Waals surface area contributed by atoms with E-state index in [9.17, 15) is 0 Å². The molecule has 0 spiro atoms. The van der Waals surface area contributed by atoms with Gasteiger partial charge in [-0.25, -0.2) is 0 Å². The van der Waals surface area contributed by atoms with Gasteiger partial charge in [0.1, 0.15) is 12.4 Å². The summed E-state index contributed by atoms with van der Waals surface area (Å²) >= 11 is 5.76. The van der Waals surface area contributed by atoms with Crippen LogP contribution in [0.3, 0.4) is 0 Å². The Kier molecular flexibility index (Phi) is 10.2. The molecule has 0 fully saturated rings. The molecule has 2 rings (SSSR count). The Morgan fingerprint density at radius 3 is 2.27 bits per heavy atom. The van der Waals surface area contributed by atoms with E-state index in [0.29, 0.717) is 17.4 Å². The fourth-order valence-corrected chi connectivity index (χ4v) is 1.48. The second-order valence-corrected chi connectivity index (χ2v) is 4.46. The maximum absolute atomic E-state index is 9.00. The number of hydrogen-bond acceptors (Lipinski definition) is 3. The van der Waals surface area contributed by atoms with E-state index in [-0.39, 0.29) is 18.9 Å². The zero-order valence-corrected chi connectivity index (χ0v) is 13.6. The molecule has 22 heavy (non-hydrogen) atoms. The summed E-state index contributed by atoms with van der Waals surface area (Å²) < 4.78 is 10.6. The number of methoxy groups -OCH3 is 1. The fourth-order valence-electron chi connectivity index (χ4n) is 1.36. The van der Waals surface area contributed by atoms with Crippen LogP contribution < -0.4 is 28.3 Å². The van der Waals surface area contributed by atoms with Crippen molar-refractivity contribution in [2.75, 3.05) is 7.11 Å². The zero-order chi connectivity index (χ0) is 15.7. The van der Waals surface area contributed by atoms with Crippen LogP contribution in [0.1, 0.15) is 12.5 Å². The van der Waals surface area contributed by atoms with Crippen molar-refractivity contribution in [1.29, 1.82) is 0 Å². The molecule has 0 saturated heterocycles. The third-order valence-corrected chi connectivity index (χ3v) is 2.53. The standard InChI is InChI=1S/C14H12ClO2.C2H4O2.Li/c1-16-13-6-2-11(3-7-13)10-17-14-8-4-12(15)5-9-14;1-2(3)4;/h2-8H,10H2,1H3;1H3,(H,3,4);/q-1;;+1. The zero-order valence-electron chi connectivity index (χ0n) is 12.8. The number of ether oxygens (including phenoxy) is 2. The Hall–Kier alpha value is -1.60. The molecule has 0 aromatic heterocycles. The van der Waals surface area contributed by atoms with Crippen molar-refractivity contribution < 1.29 is 38.2 Å². The van der Waals surface area contributed by atoms with Crippen LogP contribution in [-0.4, -0.2) is 18.2 Å². The van der Waals surface area contributed by atoms with Crippen molar-refractivity contribution in [3.8, 4) is 11.5 Å². The van der Waals surface area contributed by atoms with Gasteiger partial charge in [-0.3, -0.25) is 4.79 Å². The second-order valence-electron chi connectivity index (χ2n) is 4.03. The van der Waals surface area contributed by atoms with E-state index >= 15 is 0 Å². The summed E-state index contributed by atoms with van der Waals surface area (Å²) in [5.41, 5.74) is 1.08. The summed E-state index contributed by atoms with van der Waals surface area (Å²) in [4.78, 5) is 9.00. The maximum Gasteiger partial charge on any atom is 1.00 e. The van der Waals surface area contributed by atoms with Crippen molar-refractivity contribution in [3.05, 3.63) is 59.1 Å². The molecule has 0 amide bonds. The molecule has 6 heteroatoms. The molecule has 0 aliphatic heterocycles. The first-order chi connectivity index (χ1) is 10.0. The van der Waals surface area contributed by atoms with Crippen LogP contribution in [0.2, 0.25) is 5.02 Å². The Morgan fingerprint density at radius 1 is 1.23 bits per heavy atom. The van der Waals surface area contributed by atoms with Gasteiger partial charge in [-0.15, -0.1) is 12.1 Å². The normalized spacial score (nSPS) is 8.86. The molecular weight excluding hydrogens is 299 g/mol. The quantitative estimate of drug-likeness (QED) is 0.671. The molecule has 0 aliphatic carbocycles. The van der Waals surface area contributed by atoms with E-state index in [1.807, 2.05) is 24.3 Å². The van der Waals surface area contributed by atoms with Crippen molar-refractivity contribution in [1.82, 2.24) is 0 Å². The van der Waals surface area contributed by atoms with E-state index in [1.54, 1.807) is 25.3 Å². The van der Waals surface area contributed by atoms with Crippen LogP contribution >= 0.6 is 11.6 Å². The number of carbonyl (C=O) groups is 1. The first-order valence-electron chi connectivity index (χ1n) is 6.13. The molecule has 0 bridgehead atoms. The SMILES string of the molecule is CC(=O)O.COc1ccc(COc2[c-]cc(Cl)cc2)cc1.[Li+]. The molecule has 1 N–H and O–H groups in total. The summed E-state index contributed by atoms with van der Waals surface area (Å²) in [6.45, 7) is 1.59. The van der Waals surface area contributed by atoms with E-state index in [4.69, 9.17) is 31.0 Å². The molecule has 2 aromatic carbocycles. The van der Waals surface area contributed by atoms with Crippen LogP contribution in [0.15, 0.2) is 42.5 Å². The average Bonchev–Trinajstić information content (AvgIpc) is 2.47. The Balaban J connectivity index is 0.000000791. The Morgan fingerprint density at radius 2 is 1.82 bits per heavy atom. The second kappa shape index (κ2) is 11.0. The van der Waals surface area contributed by atoms with Gasteiger partial charge < -0.3 is 14.6 Å². The van der Waals surface area contributed by atoms with Gasteiger partial charge in [-0.05, 0) is 17.7 Å². The van der Waals surface area contributed by atoms with Crippen molar-refractivity contribution >= 4 is 17.6 Å². The van der Waals surface area contributed by atoms with E-state index < -0.39 is 5.97 Å². The van der Waals surface area contributed by atoms with Gasteiger partial charge in [-0.2, -0.15) is 23.7 Å². The minimum absolute atomic E-state index is 0. The van der Waals surface area contributed by atoms with Crippen LogP contribution in [0.25, 0.3) is 0 Å². The fraction of sp³-hybridized carbons (Fsp3) is 0.188. The van der Waals surface area contributed by atoms with Gasteiger partial charge in [0.15, 0.2) is 0 Å². The molecule has 0 unspecified atom stereocenters. The van der Waals surface area contributed by atoms with Crippen LogP contribution in [0.4, 0.5) is 0 Å². The van der Waals surface area contributed by atoms with Gasteiger partial charge in [-0.1, -0.05) is 17.2 Å². The topological polar surface area (TPSA) is 55.8 Å². The number of carboxylic acid groups (broad SMARTS) is 1. The van der Waals surface area contributed by atoms with Gasteiger partial charge >= 0.3 is 18.9 Å². The largest absolute Gasteiger partial charge is 1.00 e. The summed E-state index contributed by atoms with van der Waals surface area (Å²) in [6, 6.07) is 16.0. The number of rotatable bonds is 4. The summed E-state index contributed by atoms with van der Waals surface area (Å²) in [5, 5.41) is 8.07. The van der Waals surface area contributed by atoms with Crippen LogP contribution in [0, 0.1) is 6.07 Å². The van der Waals surface area contributed by atoms with Gasteiger partial charge in [0, 0.05) is 12.7 Å². The smallest absolute Gasteiger partial charge is 0.515 e. The molecule has 2 aromatic rings. The molecule has 0 radical (unpaired) electrons. The number of benzene rings is 2. The van der Waals surface area contributed by atoms with Crippen molar-refractivity contribution in [3.63, 3.8) is 0 Å². The Bertz CT molecular complexity index is 551. The molecule has 0 atom stereocenters. The predicted molar refractivity (Wildman–Crippen MR) is 80.9 cm³/mol. The molecule has 0 heterocycles. The first kappa shape index (κ1) is 20.4. The molecular formula is C16H16ClLiO4. The number of aliphatic carboxylic acids is 1. The number of hydrogen-bond donors (Lipinski definition) is 1. The van der Waals surface area contributed by atoms with E-state index in [1.165, 1.54) is 0 Å². The van der Waals surface area contributed by atoms with Crippen LogP contribution in [0.5, 0.6) is 11.5 Å². The van der Waals surface area contributed by atoms with Crippen LogP contribution in [-0.2, 0) is 11.4 Å². The van der Waals surface area contributed by atoms with Crippen molar-refractivity contribution in [2.24, 2.45) is 0 Å². The first-order valence-corrected chi connectivity index (χ1v) is 6.51. The van der Waals surface area contributed by atoms with E-state index in [2.05, 4.69) is 6.07 Å². The van der Waals surface area contributed by atoms with E-state index in [0.717, 1.165) is 18.2 Å². The number of halogens is 1. The monoisotopic (exact) mass is 314 g/mol. The maximum atomic E-state index is 9.00. The third-order valence-electron chi connectivity index (χ3n) is 2.30. The predicted octanol–water partition coefficient (Wildman–Crippen LogP) is 0.823. The minimum Gasteiger partial charge on any atom is -0.515 e. The average molecular weight is 315 g/mol.